The average molecular weight is 323 g/mol. The predicted molar refractivity (Wildman–Crippen MR) is 97.7 cm³/mol. The van der Waals surface area contributed by atoms with E-state index in [1.165, 1.54) is 5.57 Å². The maximum atomic E-state index is 12.7. The predicted octanol–water partition coefficient (Wildman–Crippen LogP) is 4.33. The lowest BCUT2D eigenvalue weighted by Gasteiger charge is -2.25. The summed E-state index contributed by atoms with van der Waals surface area (Å²) in [6.07, 6.45) is 9.29. The van der Waals surface area contributed by atoms with Crippen LogP contribution in [0.2, 0.25) is 0 Å². The normalized spacial score (nSPS) is 19.2. The molecule has 0 saturated heterocycles. The Morgan fingerprint density at radius 1 is 1.38 bits per heavy atom. The van der Waals surface area contributed by atoms with Gasteiger partial charge in [0.2, 0.25) is 0 Å². The summed E-state index contributed by atoms with van der Waals surface area (Å²) in [6, 6.07) is 4.12. The largest absolute Gasteiger partial charge is 0.325 e. The third-order valence-electron chi connectivity index (χ3n) is 4.70. The number of hydrogen-bond donors (Lipinski definition) is 1. The molecular weight excluding hydrogens is 298 g/mol. The van der Waals surface area contributed by atoms with Crippen LogP contribution in [0, 0.1) is 0 Å². The summed E-state index contributed by atoms with van der Waals surface area (Å²) in [6.45, 7) is 8.38. The number of allylic oxidation sites excluding steroid dienone is 5. The molecule has 4 nitrogen and oxygen atoms in total. The number of carbonyl (C=O) groups is 1. The third kappa shape index (κ3) is 3.14. The van der Waals surface area contributed by atoms with Crippen LogP contribution in [0.1, 0.15) is 57.3 Å². The molecule has 0 unspecified atom stereocenters. The number of rotatable bonds is 4. The second-order valence-corrected chi connectivity index (χ2v) is 6.61. The molecular formula is C20H25N3O. The maximum Gasteiger partial charge on any atom is 0.259 e. The lowest BCUT2D eigenvalue weighted by atomic mass is 10.1. The van der Waals surface area contributed by atoms with E-state index in [2.05, 4.69) is 48.1 Å². The molecule has 1 aromatic rings. The number of pyridine rings is 1. The molecule has 0 spiro atoms. The van der Waals surface area contributed by atoms with E-state index in [0.717, 1.165) is 42.0 Å². The van der Waals surface area contributed by atoms with Crippen LogP contribution in [0.3, 0.4) is 0 Å². The van der Waals surface area contributed by atoms with Crippen molar-refractivity contribution in [1.82, 2.24) is 10.3 Å². The number of hydrogen-bond acceptors (Lipinski definition) is 3. The first-order chi connectivity index (χ1) is 11.5. The van der Waals surface area contributed by atoms with Crippen molar-refractivity contribution in [2.45, 2.75) is 53.0 Å². The summed E-state index contributed by atoms with van der Waals surface area (Å²) in [7, 11) is 0. The smallest absolute Gasteiger partial charge is 0.259 e. The molecule has 2 heterocycles. The number of aromatic nitrogens is 1. The minimum absolute atomic E-state index is 0.0838. The number of amides is 1. The monoisotopic (exact) mass is 323 g/mol. The zero-order valence-corrected chi connectivity index (χ0v) is 14.9. The Hall–Kier alpha value is -2.36. The molecule has 1 aromatic heterocycles. The van der Waals surface area contributed by atoms with Gasteiger partial charge in [0.25, 0.3) is 5.91 Å². The quantitative estimate of drug-likeness (QED) is 0.839. The Balaban J connectivity index is 2.07. The Morgan fingerprint density at radius 3 is 2.79 bits per heavy atom. The summed E-state index contributed by atoms with van der Waals surface area (Å²) in [4.78, 5) is 19.4. The molecule has 126 valence electrons. The van der Waals surface area contributed by atoms with Crippen molar-refractivity contribution in [2.24, 2.45) is 0 Å². The Bertz CT molecular complexity index is 754. The molecule has 1 N–H and O–H groups in total. The van der Waals surface area contributed by atoms with Crippen LogP contribution in [0.4, 0.5) is 5.82 Å². The van der Waals surface area contributed by atoms with Crippen molar-refractivity contribution < 1.29 is 4.79 Å². The van der Waals surface area contributed by atoms with Crippen LogP contribution in [0.15, 0.2) is 53.0 Å². The van der Waals surface area contributed by atoms with Gasteiger partial charge in [0, 0.05) is 17.9 Å². The number of nitrogens with zero attached hydrogens (tertiary/aromatic N) is 2. The fraction of sp³-hybridized carbons (Fsp3) is 0.400. The zero-order chi connectivity index (χ0) is 17.3. The molecule has 0 atom stereocenters. The molecule has 1 amide bonds. The van der Waals surface area contributed by atoms with Gasteiger partial charge in [-0.3, -0.25) is 4.79 Å². The van der Waals surface area contributed by atoms with Gasteiger partial charge in [-0.15, -0.1) is 0 Å². The molecule has 1 saturated carbocycles. The summed E-state index contributed by atoms with van der Waals surface area (Å²) < 4.78 is 0. The van der Waals surface area contributed by atoms with Gasteiger partial charge in [0.15, 0.2) is 0 Å². The lowest BCUT2D eigenvalue weighted by Crippen LogP contribution is -2.26. The third-order valence-corrected chi connectivity index (χ3v) is 4.70. The summed E-state index contributed by atoms with van der Waals surface area (Å²) >= 11 is 0. The SMILES string of the molecule is CC/C(C)=C/C=C(/C)C1=C(C)N(C2CC2)c2ncccc2C(=O)N1. The van der Waals surface area contributed by atoms with Crippen molar-refractivity contribution in [3.05, 3.63) is 58.6 Å². The van der Waals surface area contributed by atoms with Crippen LogP contribution >= 0.6 is 0 Å². The first-order valence-corrected chi connectivity index (χ1v) is 8.63. The Kier molecular flexibility index (Phi) is 4.56. The molecule has 4 heteroatoms. The van der Waals surface area contributed by atoms with E-state index in [0.29, 0.717) is 11.6 Å². The number of anilines is 1. The maximum absolute atomic E-state index is 12.7. The first-order valence-electron chi connectivity index (χ1n) is 8.63. The van der Waals surface area contributed by atoms with Crippen LogP contribution in [-0.4, -0.2) is 16.9 Å². The summed E-state index contributed by atoms with van der Waals surface area (Å²) in [5.74, 6) is 0.692. The first kappa shape index (κ1) is 16.5. The van der Waals surface area contributed by atoms with Crippen LogP contribution in [0.25, 0.3) is 0 Å². The minimum Gasteiger partial charge on any atom is -0.325 e. The van der Waals surface area contributed by atoms with Crippen molar-refractivity contribution in [3.8, 4) is 0 Å². The molecule has 3 rings (SSSR count). The highest BCUT2D eigenvalue weighted by Crippen LogP contribution is 2.38. The molecule has 2 aliphatic rings. The van der Waals surface area contributed by atoms with Gasteiger partial charge < -0.3 is 10.2 Å². The van der Waals surface area contributed by atoms with Crippen molar-refractivity contribution in [2.75, 3.05) is 4.90 Å². The van der Waals surface area contributed by atoms with Gasteiger partial charge >= 0.3 is 0 Å². The van der Waals surface area contributed by atoms with Crippen molar-refractivity contribution in [3.63, 3.8) is 0 Å². The Labute approximate surface area is 144 Å². The highest BCUT2D eigenvalue weighted by atomic mass is 16.1. The topological polar surface area (TPSA) is 45.2 Å². The Morgan fingerprint density at radius 2 is 2.12 bits per heavy atom. The summed E-state index contributed by atoms with van der Waals surface area (Å²) in [5, 5.41) is 3.10. The average Bonchev–Trinajstić information content (AvgIpc) is 3.42. The number of carbonyl (C=O) groups excluding carboxylic acids is 1. The fourth-order valence-electron chi connectivity index (χ4n) is 2.95. The minimum atomic E-state index is -0.0838. The molecule has 0 aromatic carbocycles. The van der Waals surface area contributed by atoms with E-state index >= 15 is 0 Å². The summed E-state index contributed by atoms with van der Waals surface area (Å²) in [5.41, 5.74) is 4.99. The molecule has 0 radical (unpaired) electrons. The van der Waals surface area contributed by atoms with E-state index < -0.39 is 0 Å². The molecule has 1 aliphatic heterocycles. The lowest BCUT2D eigenvalue weighted by molar-refractivity contribution is 0.0967. The van der Waals surface area contributed by atoms with E-state index in [4.69, 9.17) is 0 Å². The number of fused-ring (bicyclic) bond motifs is 1. The van der Waals surface area contributed by atoms with Crippen LogP contribution < -0.4 is 10.2 Å². The van der Waals surface area contributed by atoms with Gasteiger partial charge in [-0.25, -0.2) is 4.98 Å². The standard InChI is InChI=1S/C20H25N3O/c1-5-13(2)8-9-14(3)18-15(4)23(16-10-11-16)19-17(20(24)22-18)7-6-12-21-19/h6-9,12,16H,5,10-11H2,1-4H3,(H,22,24)/b13-8+,14-9-. The van der Waals surface area contributed by atoms with Gasteiger partial charge in [0.1, 0.15) is 5.82 Å². The second-order valence-electron chi connectivity index (χ2n) is 6.61. The van der Waals surface area contributed by atoms with Crippen molar-refractivity contribution in [1.29, 1.82) is 0 Å². The van der Waals surface area contributed by atoms with E-state index in [9.17, 15) is 4.79 Å². The second kappa shape index (κ2) is 6.63. The zero-order valence-electron chi connectivity index (χ0n) is 14.9. The van der Waals surface area contributed by atoms with E-state index in [1.54, 1.807) is 6.20 Å². The number of nitrogens with one attached hydrogen (secondary N) is 1. The van der Waals surface area contributed by atoms with Gasteiger partial charge in [-0.05, 0) is 57.7 Å². The molecule has 1 fully saturated rings. The molecule has 1 aliphatic carbocycles. The van der Waals surface area contributed by atoms with Gasteiger partial charge in [-0.1, -0.05) is 24.6 Å². The van der Waals surface area contributed by atoms with E-state index in [1.807, 2.05) is 19.1 Å². The van der Waals surface area contributed by atoms with Gasteiger partial charge in [-0.2, -0.15) is 0 Å². The fourth-order valence-corrected chi connectivity index (χ4v) is 2.95. The van der Waals surface area contributed by atoms with E-state index in [-0.39, 0.29) is 5.91 Å². The van der Waals surface area contributed by atoms with Crippen LogP contribution in [-0.2, 0) is 0 Å². The highest BCUT2D eigenvalue weighted by Gasteiger charge is 2.36. The van der Waals surface area contributed by atoms with Crippen molar-refractivity contribution >= 4 is 11.7 Å². The van der Waals surface area contributed by atoms with Crippen LogP contribution in [0.5, 0.6) is 0 Å². The van der Waals surface area contributed by atoms with Gasteiger partial charge in [0.05, 0.1) is 11.3 Å². The molecule has 24 heavy (non-hydrogen) atoms. The highest BCUT2D eigenvalue weighted by molar-refractivity contribution is 6.01. The molecule has 0 bridgehead atoms.